The molecule has 1 N–H and O–H groups in total. The summed E-state index contributed by atoms with van der Waals surface area (Å²) in [6, 6.07) is 9.63. The summed E-state index contributed by atoms with van der Waals surface area (Å²) < 4.78 is 22.5. The van der Waals surface area contributed by atoms with E-state index in [2.05, 4.69) is 19.2 Å². The van der Waals surface area contributed by atoms with E-state index in [1.807, 2.05) is 29.2 Å². The Morgan fingerprint density at radius 2 is 1.69 bits per heavy atom. The molecule has 1 amide bonds. The van der Waals surface area contributed by atoms with Crippen LogP contribution in [0.3, 0.4) is 0 Å². The Hall–Kier alpha value is -3.21. The normalized spacial score (nSPS) is 19.7. The topological polar surface area (TPSA) is 112 Å². The van der Waals surface area contributed by atoms with Crippen molar-refractivity contribution in [2.75, 3.05) is 38.4 Å². The highest BCUT2D eigenvalue weighted by Gasteiger charge is 2.44. The molecule has 0 aliphatic carbocycles. The van der Waals surface area contributed by atoms with Crippen molar-refractivity contribution in [3.8, 4) is 11.5 Å². The van der Waals surface area contributed by atoms with Crippen molar-refractivity contribution in [3.63, 3.8) is 0 Å². The fourth-order valence-corrected chi connectivity index (χ4v) is 4.90. The van der Waals surface area contributed by atoms with Gasteiger partial charge in [-0.1, -0.05) is 26.0 Å². The molecule has 5 rings (SSSR count). The van der Waals surface area contributed by atoms with Gasteiger partial charge in [-0.2, -0.15) is 0 Å². The maximum atomic E-state index is 13.7. The summed E-state index contributed by atoms with van der Waals surface area (Å²) in [6.45, 7) is 6.24. The third kappa shape index (κ3) is 4.69. The molecular weight excluding hydrogens is 454 g/mol. The number of rotatable bonds is 6. The lowest BCUT2D eigenvalue weighted by Gasteiger charge is -2.40. The number of nitro benzene ring substituents is 1. The molecule has 2 fully saturated rings. The van der Waals surface area contributed by atoms with Crippen LogP contribution in [-0.4, -0.2) is 54.6 Å². The van der Waals surface area contributed by atoms with E-state index >= 15 is 0 Å². The number of likely N-dealkylation sites (tertiary alicyclic amines) is 1. The third-order valence-corrected chi connectivity index (χ3v) is 6.84. The molecule has 2 aromatic carbocycles. The van der Waals surface area contributed by atoms with Crippen LogP contribution < -0.4 is 14.8 Å². The van der Waals surface area contributed by atoms with Crippen molar-refractivity contribution in [2.24, 2.45) is 0 Å². The molecule has 0 saturated carbocycles. The van der Waals surface area contributed by atoms with Gasteiger partial charge in [0.1, 0.15) is 6.04 Å². The van der Waals surface area contributed by atoms with Crippen LogP contribution in [0.5, 0.6) is 11.5 Å². The van der Waals surface area contributed by atoms with Crippen molar-refractivity contribution in [2.45, 2.75) is 44.4 Å². The maximum absolute atomic E-state index is 13.7. The summed E-state index contributed by atoms with van der Waals surface area (Å²) in [5.41, 5.74) is 1.87. The van der Waals surface area contributed by atoms with Gasteiger partial charge in [-0.15, -0.1) is 0 Å². The number of carbonyl (C=O) groups is 1. The lowest BCUT2D eigenvalue weighted by molar-refractivity contribution is -0.386. The highest BCUT2D eigenvalue weighted by Crippen LogP contribution is 2.43. The summed E-state index contributed by atoms with van der Waals surface area (Å²) in [4.78, 5) is 27.2. The maximum Gasteiger partial charge on any atom is 0.278 e. The van der Waals surface area contributed by atoms with Crippen LogP contribution in [0.25, 0.3) is 0 Å². The first-order valence-corrected chi connectivity index (χ1v) is 11.9. The van der Waals surface area contributed by atoms with E-state index < -0.39 is 16.8 Å². The van der Waals surface area contributed by atoms with Gasteiger partial charge in [-0.25, -0.2) is 0 Å². The van der Waals surface area contributed by atoms with Crippen LogP contribution >= 0.6 is 0 Å². The van der Waals surface area contributed by atoms with Gasteiger partial charge >= 0.3 is 0 Å². The van der Waals surface area contributed by atoms with Gasteiger partial charge < -0.3 is 24.3 Å². The third-order valence-electron chi connectivity index (χ3n) is 6.84. The molecule has 2 aromatic rings. The van der Waals surface area contributed by atoms with Gasteiger partial charge in [0.25, 0.3) is 5.69 Å². The van der Waals surface area contributed by atoms with Crippen molar-refractivity contribution in [3.05, 3.63) is 57.6 Å². The van der Waals surface area contributed by atoms with E-state index in [1.165, 1.54) is 6.07 Å². The van der Waals surface area contributed by atoms with Crippen molar-refractivity contribution in [1.82, 2.24) is 4.90 Å². The minimum absolute atomic E-state index is 0.0179. The number of nitro groups is 1. The molecule has 35 heavy (non-hydrogen) atoms. The summed E-state index contributed by atoms with van der Waals surface area (Å²) in [5, 5.41) is 15.0. The molecule has 10 nitrogen and oxygen atoms in total. The van der Waals surface area contributed by atoms with Crippen molar-refractivity contribution >= 4 is 17.3 Å². The SMILES string of the molecule is CC(C)c1ccc(NC(=O)C(c2cc3c(cc2[N+](=O)[O-])OCO3)N2CCC3(CC2)OCCO3)cc1. The van der Waals surface area contributed by atoms with Gasteiger partial charge in [0, 0.05) is 31.6 Å². The highest BCUT2D eigenvalue weighted by atomic mass is 16.7. The molecule has 0 radical (unpaired) electrons. The second kappa shape index (κ2) is 9.44. The minimum Gasteiger partial charge on any atom is -0.454 e. The molecule has 3 aliphatic heterocycles. The van der Waals surface area contributed by atoms with Gasteiger partial charge in [-0.3, -0.25) is 19.8 Å². The molecule has 3 heterocycles. The Labute approximate surface area is 203 Å². The predicted molar refractivity (Wildman–Crippen MR) is 127 cm³/mol. The molecule has 186 valence electrons. The number of hydrogen-bond acceptors (Lipinski definition) is 8. The Balaban J connectivity index is 1.47. The first kappa shape index (κ1) is 23.5. The predicted octanol–water partition coefficient (Wildman–Crippen LogP) is 3.97. The fraction of sp³-hybridized carbons (Fsp3) is 0.480. The number of benzene rings is 2. The number of anilines is 1. The summed E-state index contributed by atoms with van der Waals surface area (Å²) >= 11 is 0. The first-order valence-electron chi connectivity index (χ1n) is 11.9. The number of nitrogens with zero attached hydrogens (tertiary/aromatic N) is 2. The molecule has 0 bridgehead atoms. The standard InChI is InChI=1S/C25H29N3O7/c1-16(2)17-3-5-18(6-4-17)26-24(29)23(27-9-7-25(8-10-27)34-11-12-35-25)19-13-21-22(33-15-32-21)14-20(19)28(30)31/h3-6,13-14,16,23H,7-12,15H2,1-2H3,(H,26,29). The molecular formula is C25H29N3O7. The van der Waals surface area contributed by atoms with Crippen molar-refractivity contribution < 1.29 is 28.7 Å². The Bertz CT molecular complexity index is 1100. The van der Waals surface area contributed by atoms with E-state index in [1.54, 1.807) is 6.07 Å². The lowest BCUT2D eigenvalue weighted by atomic mass is 9.96. The Kier molecular flexibility index (Phi) is 6.35. The van der Waals surface area contributed by atoms with Crippen LogP contribution in [-0.2, 0) is 14.3 Å². The Morgan fingerprint density at radius 1 is 1.06 bits per heavy atom. The number of nitrogens with one attached hydrogen (secondary N) is 1. The zero-order chi connectivity index (χ0) is 24.6. The van der Waals surface area contributed by atoms with Crippen molar-refractivity contribution in [1.29, 1.82) is 0 Å². The molecule has 1 atom stereocenters. The van der Waals surface area contributed by atoms with Crippen LogP contribution in [0.15, 0.2) is 36.4 Å². The number of piperidine rings is 1. The average molecular weight is 484 g/mol. The molecule has 2 saturated heterocycles. The number of hydrogen-bond donors (Lipinski definition) is 1. The smallest absolute Gasteiger partial charge is 0.278 e. The second-order valence-electron chi connectivity index (χ2n) is 9.33. The van der Waals surface area contributed by atoms with Crippen LogP contribution in [0.1, 0.15) is 49.8 Å². The van der Waals surface area contributed by atoms with Crippen LogP contribution in [0.4, 0.5) is 11.4 Å². The summed E-state index contributed by atoms with van der Waals surface area (Å²) in [6.07, 6.45) is 1.14. The highest BCUT2D eigenvalue weighted by molar-refractivity contribution is 5.96. The first-order chi connectivity index (χ1) is 16.8. The van der Waals surface area contributed by atoms with Gasteiger partial charge in [0.05, 0.1) is 29.8 Å². The molecule has 10 heteroatoms. The van der Waals surface area contributed by atoms with E-state index in [9.17, 15) is 14.9 Å². The van der Waals surface area contributed by atoms with E-state index in [-0.39, 0.29) is 24.0 Å². The average Bonchev–Trinajstić information content (AvgIpc) is 3.49. The monoisotopic (exact) mass is 483 g/mol. The summed E-state index contributed by atoms with van der Waals surface area (Å²) in [5.74, 6) is 0.0678. The zero-order valence-electron chi connectivity index (χ0n) is 19.8. The van der Waals surface area contributed by atoms with E-state index in [4.69, 9.17) is 18.9 Å². The zero-order valence-corrected chi connectivity index (χ0v) is 19.8. The number of fused-ring (bicyclic) bond motifs is 1. The van der Waals surface area contributed by atoms with Gasteiger partial charge in [0.15, 0.2) is 17.3 Å². The van der Waals surface area contributed by atoms with E-state index in [0.29, 0.717) is 62.2 Å². The molecule has 1 unspecified atom stereocenters. The largest absolute Gasteiger partial charge is 0.454 e. The number of amides is 1. The minimum atomic E-state index is -0.909. The second-order valence-corrected chi connectivity index (χ2v) is 9.33. The molecule has 0 aromatic heterocycles. The number of ether oxygens (including phenoxy) is 4. The lowest BCUT2D eigenvalue weighted by Crippen LogP contribution is -2.48. The van der Waals surface area contributed by atoms with E-state index in [0.717, 1.165) is 5.56 Å². The van der Waals surface area contributed by atoms with Crippen LogP contribution in [0.2, 0.25) is 0 Å². The molecule has 3 aliphatic rings. The quantitative estimate of drug-likeness (QED) is 0.485. The van der Waals surface area contributed by atoms with Crippen LogP contribution in [0, 0.1) is 10.1 Å². The number of carbonyl (C=O) groups excluding carboxylic acids is 1. The summed E-state index contributed by atoms with van der Waals surface area (Å²) in [7, 11) is 0. The van der Waals surface area contributed by atoms with Gasteiger partial charge in [0.2, 0.25) is 12.7 Å². The Morgan fingerprint density at radius 3 is 2.29 bits per heavy atom. The fourth-order valence-electron chi connectivity index (χ4n) is 4.90. The van der Waals surface area contributed by atoms with Gasteiger partial charge in [-0.05, 0) is 29.7 Å². The molecule has 1 spiro atoms.